The first-order chi connectivity index (χ1) is 12.0. The summed E-state index contributed by atoms with van der Waals surface area (Å²) in [5.74, 6) is 0.505. The summed E-state index contributed by atoms with van der Waals surface area (Å²) in [6.07, 6.45) is 1.66. The van der Waals surface area contributed by atoms with Gasteiger partial charge in [0.05, 0.1) is 26.5 Å². The highest BCUT2D eigenvalue weighted by Gasteiger charge is 2.17. The summed E-state index contributed by atoms with van der Waals surface area (Å²) in [5.41, 5.74) is 1.30. The van der Waals surface area contributed by atoms with E-state index in [2.05, 4.69) is 10.3 Å². The third-order valence-electron chi connectivity index (χ3n) is 3.55. The summed E-state index contributed by atoms with van der Waals surface area (Å²) in [6, 6.07) is 10.5. The molecule has 2 aromatic rings. The number of anilines is 1. The van der Waals surface area contributed by atoms with Crippen LogP contribution in [0.5, 0.6) is 11.5 Å². The third-order valence-corrected chi connectivity index (χ3v) is 3.55. The Hall–Kier alpha value is -3.09. The van der Waals surface area contributed by atoms with Crippen molar-refractivity contribution >= 4 is 17.5 Å². The standard InChI is InChI=1S/C18H21N3O4/c1-13(22)21(15-7-8-16(24-2)17(10-15)25-3)12-18(23)20-11-14-6-4-5-9-19-14/h4-10H,11-12H2,1-3H3,(H,20,23). The van der Waals surface area contributed by atoms with Gasteiger partial charge in [-0.05, 0) is 24.3 Å². The number of aromatic nitrogens is 1. The van der Waals surface area contributed by atoms with Gasteiger partial charge in [-0.3, -0.25) is 14.6 Å². The average molecular weight is 343 g/mol. The molecule has 2 rings (SSSR count). The van der Waals surface area contributed by atoms with Crippen LogP contribution in [0, 0.1) is 0 Å². The zero-order valence-corrected chi connectivity index (χ0v) is 14.5. The fourth-order valence-corrected chi connectivity index (χ4v) is 2.27. The molecule has 0 unspecified atom stereocenters. The van der Waals surface area contributed by atoms with Crippen LogP contribution < -0.4 is 19.7 Å². The molecule has 0 aliphatic rings. The van der Waals surface area contributed by atoms with Crippen molar-refractivity contribution in [2.24, 2.45) is 0 Å². The SMILES string of the molecule is COc1ccc(N(CC(=O)NCc2ccccn2)C(C)=O)cc1OC. The lowest BCUT2D eigenvalue weighted by atomic mass is 10.2. The van der Waals surface area contributed by atoms with Crippen molar-refractivity contribution in [2.45, 2.75) is 13.5 Å². The number of hydrogen-bond donors (Lipinski definition) is 1. The third kappa shape index (κ3) is 4.94. The van der Waals surface area contributed by atoms with E-state index in [4.69, 9.17) is 9.47 Å². The molecular weight excluding hydrogens is 322 g/mol. The van der Waals surface area contributed by atoms with E-state index in [1.165, 1.54) is 26.0 Å². The lowest BCUT2D eigenvalue weighted by Gasteiger charge is -2.22. The fourth-order valence-electron chi connectivity index (χ4n) is 2.27. The Morgan fingerprint density at radius 1 is 1.12 bits per heavy atom. The zero-order valence-electron chi connectivity index (χ0n) is 14.5. The molecule has 25 heavy (non-hydrogen) atoms. The van der Waals surface area contributed by atoms with Crippen molar-refractivity contribution in [3.05, 3.63) is 48.3 Å². The lowest BCUT2D eigenvalue weighted by Crippen LogP contribution is -2.39. The number of amides is 2. The second kappa shape index (κ2) is 8.68. The number of rotatable bonds is 7. The van der Waals surface area contributed by atoms with Crippen molar-refractivity contribution in [1.29, 1.82) is 0 Å². The molecule has 0 aliphatic heterocycles. The van der Waals surface area contributed by atoms with E-state index in [1.807, 2.05) is 12.1 Å². The number of methoxy groups -OCH3 is 2. The van der Waals surface area contributed by atoms with Gasteiger partial charge in [0.2, 0.25) is 11.8 Å². The van der Waals surface area contributed by atoms with Crippen molar-refractivity contribution in [3.63, 3.8) is 0 Å². The molecule has 0 fully saturated rings. The van der Waals surface area contributed by atoms with Crippen LogP contribution in [-0.4, -0.2) is 37.6 Å². The van der Waals surface area contributed by atoms with Crippen LogP contribution >= 0.6 is 0 Å². The Morgan fingerprint density at radius 2 is 1.88 bits per heavy atom. The normalized spacial score (nSPS) is 10.0. The molecule has 2 amide bonds. The van der Waals surface area contributed by atoms with Crippen LogP contribution in [0.3, 0.4) is 0 Å². The van der Waals surface area contributed by atoms with Crippen LogP contribution in [0.15, 0.2) is 42.6 Å². The number of pyridine rings is 1. The summed E-state index contributed by atoms with van der Waals surface area (Å²) in [7, 11) is 3.05. The maximum Gasteiger partial charge on any atom is 0.240 e. The van der Waals surface area contributed by atoms with Crippen molar-refractivity contribution in [2.75, 3.05) is 25.7 Å². The molecule has 1 heterocycles. The highest BCUT2D eigenvalue weighted by Crippen LogP contribution is 2.31. The Balaban J connectivity index is 2.07. The van der Waals surface area contributed by atoms with Crippen LogP contribution in [0.1, 0.15) is 12.6 Å². The molecule has 0 atom stereocenters. The first kappa shape index (κ1) is 18.3. The zero-order chi connectivity index (χ0) is 18.2. The second-order valence-corrected chi connectivity index (χ2v) is 5.24. The molecule has 0 saturated heterocycles. The van der Waals surface area contributed by atoms with Crippen LogP contribution in [-0.2, 0) is 16.1 Å². The second-order valence-electron chi connectivity index (χ2n) is 5.24. The number of hydrogen-bond acceptors (Lipinski definition) is 5. The molecule has 7 nitrogen and oxygen atoms in total. The fraction of sp³-hybridized carbons (Fsp3) is 0.278. The van der Waals surface area contributed by atoms with Gasteiger partial charge in [0.15, 0.2) is 11.5 Å². The monoisotopic (exact) mass is 343 g/mol. The largest absolute Gasteiger partial charge is 0.493 e. The van der Waals surface area contributed by atoms with Crippen molar-refractivity contribution in [3.8, 4) is 11.5 Å². The molecule has 0 spiro atoms. The number of benzene rings is 1. The topological polar surface area (TPSA) is 80.8 Å². The Labute approximate surface area is 146 Å². The molecule has 0 bridgehead atoms. The first-order valence-corrected chi connectivity index (χ1v) is 7.72. The van der Waals surface area contributed by atoms with Gasteiger partial charge in [-0.1, -0.05) is 6.07 Å². The summed E-state index contributed by atoms with van der Waals surface area (Å²) < 4.78 is 10.4. The first-order valence-electron chi connectivity index (χ1n) is 7.72. The van der Waals surface area contributed by atoms with Gasteiger partial charge in [0.1, 0.15) is 6.54 Å². The minimum atomic E-state index is -0.282. The average Bonchev–Trinajstić information content (AvgIpc) is 2.64. The van der Waals surface area contributed by atoms with Crippen molar-refractivity contribution in [1.82, 2.24) is 10.3 Å². The predicted molar refractivity (Wildman–Crippen MR) is 93.7 cm³/mol. The molecule has 0 radical (unpaired) electrons. The Kier molecular flexibility index (Phi) is 6.33. The van der Waals surface area contributed by atoms with Gasteiger partial charge in [-0.25, -0.2) is 0 Å². The maximum absolute atomic E-state index is 12.2. The number of carbonyl (C=O) groups excluding carboxylic acids is 2. The van der Waals surface area contributed by atoms with Gasteiger partial charge in [0.25, 0.3) is 0 Å². The van der Waals surface area contributed by atoms with Crippen molar-refractivity contribution < 1.29 is 19.1 Å². The predicted octanol–water partition coefficient (Wildman–Crippen LogP) is 1.77. The quantitative estimate of drug-likeness (QED) is 0.829. The number of nitrogens with zero attached hydrogens (tertiary/aromatic N) is 2. The van der Waals surface area contributed by atoms with Gasteiger partial charge < -0.3 is 19.7 Å². The number of nitrogens with one attached hydrogen (secondary N) is 1. The summed E-state index contributed by atoms with van der Waals surface area (Å²) in [6.45, 7) is 1.61. The highest BCUT2D eigenvalue weighted by molar-refractivity contribution is 5.97. The lowest BCUT2D eigenvalue weighted by molar-refractivity contribution is -0.123. The van der Waals surface area contributed by atoms with E-state index in [0.717, 1.165) is 5.69 Å². The van der Waals surface area contributed by atoms with E-state index in [0.29, 0.717) is 23.7 Å². The molecular formula is C18H21N3O4. The van der Waals surface area contributed by atoms with Crippen LogP contribution in [0.2, 0.25) is 0 Å². The van der Waals surface area contributed by atoms with Gasteiger partial charge in [-0.2, -0.15) is 0 Å². The molecule has 0 aliphatic carbocycles. The van der Waals surface area contributed by atoms with E-state index in [-0.39, 0.29) is 18.4 Å². The van der Waals surface area contributed by atoms with Gasteiger partial charge in [0, 0.05) is 24.9 Å². The van der Waals surface area contributed by atoms with Gasteiger partial charge in [-0.15, -0.1) is 0 Å². The van der Waals surface area contributed by atoms with Crippen LogP contribution in [0.25, 0.3) is 0 Å². The minimum Gasteiger partial charge on any atom is -0.493 e. The van der Waals surface area contributed by atoms with E-state index >= 15 is 0 Å². The smallest absolute Gasteiger partial charge is 0.240 e. The van der Waals surface area contributed by atoms with E-state index in [1.54, 1.807) is 30.5 Å². The number of carbonyl (C=O) groups is 2. The summed E-state index contributed by atoms with van der Waals surface area (Å²) >= 11 is 0. The molecule has 1 aromatic carbocycles. The molecule has 132 valence electrons. The van der Waals surface area contributed by atoms with Gasteiger partial charge >= 0.3 is 0 Å². The Bertz CT molecular complexity index is 734. The van der Waals surface area contributed by atoms with E-state index < -0.39 is 0 Å². The van der Waals surface area contributed by atoms with E-state index in [9.17, 15) is 9.59 Å². The highest BCUT2D eigenvalue weighted by atomic mass is 16.5. The number of ether oxygens (including phenoxy) is 2. The molecule has 7 heteroatoms. The molecule has 1 aromatic heterocycles. The minimum absolute atomic E-state index is 0.0996. The summed E-state index contributed by atoms with van der Waals surface area (Å²) in [5, 5.41) is 2.75. The maximum atomic E-state index is 12.2. The Morgan fingerprint density at radius 3 is 2.48 bits per heavy atom. The van der Waals surface area contributed by atoms with Crippen LogP contribution in [0.4, 0.5) is 5.69 Å². The summed E-state index contributed by atoms with van der Waals surface area (Å²) in [4.78, 5) is 29.7. The molecule has 1 N–H and O–H groups in total. The molecule has 0 saturated carbocycles.